The summed E-state index contributed by atoms with van der Waals surface area (Å²) in [6.07, 6.45) is 5.75. The van der Waals surface area contributed by atoms with Crippen molar-refractivity contribution in [1.29, 1.82) is 0 Å². The average molecular weight is 239 g/mol. The van der Waals surface area contributed by atoms with Gasteiger partial charge in [0.15, 0.2) is 0 Å². The summed E-state index contributed by atoms with van der Waals surface area (Å²) >= 11 is 5.97. The predicted octanol–water partition coefficient (Wildman–Crippen LogP) is 3.46. The fraction of sp³-hybridized carbons (Fsp3) is 0.615. The van der Waals surface area contributed by atoms with Gasteiger partial charge in [-0.25, -0.2) is 4.98 Å². The molecule has 88 valence electrons. The molecule has 2 nitrogen and oxygen atoms in total. The molecule has 0 saturated heterocycles. The SMILES string of the molecule is Cc1cccnc1NCC1CCCC1CCl. The highest BCUT2D eigenvalue weighted by Crippen LogP contribution is 2.32. The van der Waals surface area contributed by atoms with Crippen LogP contribution in [-0.4, -0.2) is 17.4 Å². The molecule has 0 radical (unpaired) electrons. The van der Waals surface area contributed by atoms with Gasteiger partial charge in [-0.1, -0.05) is 12.5 Å². The first-order chi connectivity index (χ1) is 7.81. The van der Waals surface area contributed by atoms with Crippen molar-refractivity contribution >= 4 is 17.4 Å². The highest BCUT2D eigenvalue weighted by Gasteiger charge is 2.26. The smallest absolute Gasteiger partial charge is 0.128 e. The number of rotatable bonds is 4. The van der Waals surface area contributed by atoms with Crippen LogP contribution in [0.5, 0.6) is 0 Å². The van der Waals surface area contributed by atoms with Crippen LogP contribution in [0.25, 0.3) is 0 Å². The van der Waals surface area contributed by atoms with Gasteiger partial charge in [0.1, 0.15) is 5.82 Å². The van der Waals surface area contributed by atoms with Crippen LogP contribution in [0.1, 0.15) is 24.8 Å². The molecule has 1 N–H and O–H groups in total. The Hall–Kier alpha value is -0.760. The van der Waals surface area contributed by atoms with Crippen LogP contribution in [0, 0.1) is 18.8 Å². The second-order valence-corrected chi connectivity index (χ2v) is 4.96. The quantitative estimate of drug-likeness (QED) is 0.813. The molecule has 1 aliphatic rings. The van der Waals surface area contributed by atoms with Gasteiger partial charge in [-0.15, -0.1) is 11.6 Å². The molecule has 0 aliphatic heterocycles. The number of halogens is 1. The van der Waals surface area contributed by atoms with Crippen molar-refractivity contribution in [1.82, 2.24) is 4.98 Å². The van der Waals surface area contributed by atoms with Gasteiger partial charge in [-0.2, -0.15) is 0 Å². The molecule has 0 aromatic carbocycles. The molecule has 1 heterocycles. The highest BCUT2D eigenvalue weighted by molar-refractivity contribution is 6.18. The van der Waals surface area contributed by atoms with Gasteiger partial charge in [0.25, 0.3) is 0 Å². The van der Waals surface area contributed by atoms with Gasteiger partial charge < -0.3 is 5.32 Å². The number of aromatic nitrogens is 1. The fourth-order valence-corrected chi connectivity index (χ4v) is 2.89. The maximum Gasteiger partial charge on any atom is 0.128 e. The summed E-state index contributed by atoms with van der Waals surface area (Å²) in [7, 11) is 0. The minimum Gasteiger partial charge on any atom is -0.370 e. The van der Waals surface area contributed by atoms with Crippen LogP contribution in [0.15, 0.2) is 18.3 Å². The van der Waals surface area contributed by atoms with Crippen LogP contribution >= 0.6 is 11.6 Å². The van der Waals surface area contributed by atoms with Crippen molar-refractivity contribution < 1.29 is 0 Å². The van der Waals surface area contributed by atoms with E-state index in [9.17, 15) is 0 Å². The summed E-state index contributed by atoms with van der Waals surface area (Å²) in [4.78, 5) is 4.35. The number of hydrogen-bond acceptors (Lipinski definition) is 2. The molecular weight excluding hydrogens is 220 g/mol. The topological polar surface area (TPSA) is 24.9 Å². The Morgan fingerprint density at radius 3 is 3.00 bits per heavy atom. The zero-order chi connectivity index (χ0) is 11.4. The number of alkyl halides is 1. The van der Waals surface area contributed by atoms with E-state index in [2.05, 4.69) is 23.3 Å². The molecule has 0 amide bonds. The second-order valence-electron chi connectivity index (χ2n) is 4.66. The van der Waals surface area contributed by atoms with E-state index in [1.54, 1.807) is 0 Å². The third-order valence-corrected chi connectivity index (χ3v) is 3.95. The van der Waals surface area contributed by atoms with Crippen LogP contribution in [0.2, 0.25) is 0 Å². The largest absolute Gasteiger partial charge is 0.370 e. The summed E-state index contributed by atoms with van der Waals surface area (Å²) in [5.74, 6) is 3.23. The summed E-state index contributed by atoms with van der Waals surface area (Å²) in [6, 6.07) is 4.06. The van der Waals surface area contributed by atoms with E-state index in [1.165, 1.54) is 24.8 Å². The van der Waals surface area contributed by atoms with Crippen molar-refractivity contribution in [3.05, 3.63) is 23.9 Å². The minimum atomic E-state index is 0.693. The number of aryl methyl sites for hydroxylation is 1. The number of nitrogens with zero attached hydrogens (tertiary/aromatic N) is 1. The minimum absolute atomic E-state index is 0.693. The Morgan fingerprint density at radius 2 is 2.25 bits per heavy atom. The molecule has 1 aromatic rings. The van der Waals surface area contributed by atoms with Crippen molar-refractivity contribution in [3.63, 3.8) is 0 Å². The van der Waals surface area contributed by atoms with E-state index < -0.39 is 0 Å². The molecule has 2 atom stereocenters. The van der Waals surface area contributed by atoms with Crippen LogP contribution < -0.4 is 5.32 Å². The second kappa shape index (κ2) is 5.53. The van der Waals surface area contributed by atoms with Gasteiger partial charge in [0.05, 0.1) is 0 Å². The standard InChI is InChI=1S/C13H19ClN2/c1-10-4-3-7-15-13(10)16-9-12-6-2-5-11(12)8-14/h3-4,7,11-12H,2,5-6,8-9H2,1H3,(H,15,16). The monoisotopic (exact) mass is 238 g/mol. The van der Waals surface area contributed by atoms with Gasteiger partial charge in [0, 0.05) is 18.6 Å². The Bertz CT molecular complexity index is 340. The number of pyridine rings is 1. The number of hydrogen-bond donors (Lipinski definition) is 1. The predicted molar refractivity (Wildman–Crippen MR) is 69.0 cm³/mol. The first kappa shape index (κ1) is 11.7. The van der Waals surface area contributed by atoms with E-state index in [0.717, 1.165) is 24.2 Å². The van der Waals surface area contributed by atoms with Crippen LogP contribution in [-0.2, 0) is 0 Å². The Balaban J connectivity index is 1.90. The Labute approximate surface area is 102 Å². The molecule has 0 bridgehead atoms. The maximum atomic E-state index is 5.97. The van der Waals surface area contributed by atoms with Gasteiger partial charge in [-0.05, 0) is 43.2 Å². The van der Waals surface area contributed by atoms with Crippen molar-refractivity contribution in [3.8, 4) is 0 Å². The normalized spacial score (nSPS) is 24.6. The Kier molecular flexibility index (Phi) is 4.05. The molecule has 1 aliphatic carbocycles. The van der Waals surface area contributed by atoms with E-state index in [-0.39, 0.29) is 0 Å². The lowest BCUT2D eigenvalue weighted by Crippen LogP contribution is -2.20. The molecular formula is C13H19ClN2. The van der Waals surface area contributed by atoms with E-state index in [1.807, 2.05) is 12.3 Å². The molecule has 2 unspecified atom stereocenters. The fourth-order valence-electron chi connectivity index (χ4n) is 2.48. The summed E-state index contributed by atoms with van der Waals surface area (Å²) in [6.45, 7) is 3.10. The van der Waals surface area contributed by atoms with Gasteiger partial charge in [-0.3, -0.25) is 0 Å². The zero-order valence-corrected chi connectivity index (χ0v) is 10.5. The molecule has 1 saturated carbocycles. The first-order valence-corrected chi connectivity index (χ1v) is 6.56. The van der Waals surface area contributed by atoms with E-state index in [4.69, 9.17) is 11.6 Å². The molecule has 2 rings (SSSR count). The summed E-state index contributed by atoms with van der Waals surface area (Å²) < 4.78 is 0. The molecule has 1 fully saturated rings. The van der Waals surface area contributed by atoms with Gasteiger partial charge >= 0.3 is 0 Å². The van der Waals surface area contributed by atoms with E-state index in [0.29, 0.717) is 5.92 Å². The van der Waals surface area contributed by atoms with Gasteiger partial charge in [0.2, 0.25) is 0 Å². The lowest BCUT2D eigenvalue weighted by Gasteiger charge is -2.18. The highest BCUT2D eigenvalue weighted by atomic mass is 35.5. The van der Waals surface area contributed by atoms with Crippen molar-refractivity contribution in [2.75, 3.05) is 17.7 Å². The molecule has 16 heavy (non-hydrogen) atoms. The molecule has 3 heteroatoms. The van der Waals surface area contributed by atoms with Crippen LogP contribution in [0.4, 0.5) is 5.82 Å². The Morgan fingerprint density at radius 1 is 1.44 bits per heavy atom. The third-order valence-electron chi connectivity index (χ3n) is 3.56. The lowest BCUT2D eigenvalue weighted by atomic mass is 9.98. The zero-order valence-electron chi connectivity index (χ0n) is 9.75. The number of nitrogens with one attached hydrogen (secondary N) is 1. The van der Waals surface area contributed by atoms with Crippen molar-refractivity contribution in [2.24, 2.45) is 11.8 Å². The molecule has 0 spiro atoms. The summed E-state index contributed by atoms with van der Waals surface area (Å²) in [5.41, 5.74) is 1.21. The average Bonchev–Trinajstić information content (AvgIpc) is 2.75. The van der Waals surface area contributed by atoms with Crippen LogP contribution in [0.3, 0.4) is 0 Å². The lowest BCUT2D eigenvalue weighted by molar-refractivity contribution is 0.444. The number of anilines is 1. The third kappa shape index (κ3) is 2.67. The first-order valence-electron chi connectivity index (χ1n) is 6.02. The molecule has 1 aromatic heterocycles. The van der Waals surface area contributed by atoms with Crippen molar-refractivity contribution in [2.45, 2.75) is 26.2 Å². The maximum absolute atomic E-state index is 5.97. The van der Waals surface area contributed by atoms with E-state index >= 15 is 0 Å². The summed E-state index contributed by atoms with van der Waals surface area (Å²) in [5, 5.41) is 3.45.